The van der Waals surface area contributed by atoms with Gasteiger partial charge >= 0.3 is 6.09 Å². The number of nitrogens with two attached hydrogens (primary N) is 1. The van der Waals surface area contributed by atoms with E-state index in [-0.39, 0.29) is 19.0 Å². The Morgan fingerprint density at radius 3 is 2.41 bits per heavy atom. The molecule has 1 aromatic carbocycles. The molecule has 0 saturated heterocycles. The minimum absolute atomic E-state index is 0.262. The molecule has 0 spiro atoms. The van der Waals surface area contributed by atoms with Gasteiger partial charge in [-0.05, 0) is 32.9 Å². The lowest BCUT2D eigenvalue weighted by molar-refractivity contribution is 0.0526. The van der Waals surface area contributed by atoms with E-state index in [2.05, 4.69) is 10.6 Å². The number of amides is 2. The van der Waals surface area contributed by atoms with Crippen molar-refractivity contribution in [2.45, 2.75) is 26.4 Å². The molecule has 7 heteroatoms. The molecule has 0 radical (unpaired) electrons. The zero-order valence-electron chi connectivity index (χ0n) is 13.4. The average molecular weight is 309 g/mol. The smallest absolute Gasteiger partial charge is 0.407 e. The Hall–Kier alpha value is -2.44. The fourth-order valence-corrected chi connectivity index (χ4v) is 1.65. The Labute approximate surface area is 130 Å². The zero-order chi connectivity index (χ0) is 16.8. The third-order valence-electron chi connectivity index (χ3n) is 2.55. The van der Waals surface area contributed by atoms with Crippen LogP contribution in [0.25, 0.3) is 0 Å². The van der Waals surface area contributed by atoms with Crippen molar-refractivity contribution in [1.29, 1.82) is 0 Å². The van der Waals surface area contributed by atoms with Crippen molar-refractivity contribution in [3.63, 3.8) is 0 Å². The molecule has 0 unspecified atom stereocenters. The molecule has 2 amide bonds. The summed E-state index contributed by atoms with van der Waals surface area (Å²) in [6.45, 7) is 5.87. The molecule has 4 N–H and O–H groups in total. The number of nitrogens with one attached hydrogen (secondary N) is 2. The molecule has 0 aromatic heterocycles. The van der Waals surface area contributed by atoms with Gasteiger partial charge in [-0.2, -0.15) is 0 Å². The van der Waals surface area contributed by atoms with E-state index in [0.717, 1.165) is 0 Å². The summed E-state index contributed by atoms with van der Waals surface area (Å²) in [4.78, 5) is 23.5. The van der Waals surface area contributed by atoms with E-state index in [1.165, 1.54) is 7.11 Å². The van der Waals surface area contributed by atoms with Gasteiger partial charge in [0.25, 0.3) is 5.91 Å². The van der Waals surface area contributed by atoms with Crippen LogP contribution >= 0.6 is 0 Å². The van der Waals surface area contributed by atoms with Crippen LogP contribution in [0.15, 0.2) is 18.2 Å². The molecule has 0 bridgehead atoms. The van der Waals surface area contributed by atoms with E-state index >= 15 is 0 Å². The maximum Gasteiger partial charge on any atom is 0.407 e. The molecule has 122 valence electrons. The Morgan fingerprint density at radius 2 is 1.82 bits per heavy atom. The maximum atomic E-state index is 12.0. The first-order valence-corrected chi connectivity index (χ1v) is 6.91. The van der Waals surface area contributed by atoms with E-state index in [1.54, 1.807) is 39.0 Å². The fourth-order valence-electron chi connectivity index (χ4n) is 1.65. The van der Waals surface area contributed by atoms with Crippen LogP contribution in [0.3, 0.4) is 0 Å². The summed E-state index contributed by atoms with van der Waals surface area (Å²) in [5.74, 6) is 0.0976. The van der Waals surface area contributed by atoms with Crippen molar-refractivity contribution >= 4 is 17.7 Å². The number of ether oxygens (including phenoxy) is 2. The van der Waals surface area contributed by atoms with Crippen molar-refractivity contribution in [3.05, 3.63) is 23.8 Å². The molecule has 22 heavy (non-hydrogen) atoms. The van der Waals surface area contributed by atoms with Gasteiger partial charge in [0.15, 0.2) is 0 Å². The Morgan fingerprint density at radius 1 is 1.18 bits per heavy atom. The highest BCUT2D eigenvalue weighted by Gasteiger charge is 2.16. The summed E-state index contributed by atoms with van der Waals surface area (Å²) in [6, 6.07) is 4.79. The number of hydrogen-bond acceptors (Lipinski definition) is 5. The van der Waals surface area contributed by atoms with E-state index in [1.807, 2.05) is 0 Å². The fraction of sp³-hybridized carbons (Fsp3) is 0.467. The van der Waals surface area contributed by atoms with Gasteiger partial charge in [-0.1, -0.05) is 0 Å². The Balaban J connectivity index is 2.43. The summed E-state index contributed by atoms with van der Waals surface area (Å²) >= 11 is 0. The van der Waals surface area contributed by atoms with Crippen LogP contribution in [0, 0.1) is 0 Å². The van der Waals surface area contributed by atoms with Gasteiger partial charge < -0.3 is 25.8 Å². The second kappa shape index (κ2) is 7.53. The summed E-state index contributed by atoms with van der Waals surface area (Å²) < 4.78 is 10.2. The van der Waals surface area contributed by atoms with E-state index < -0.39 is 11.7 Å². The van der Waals surface area contributed by atoms with Crippen molar-refractivity contribution < 1.29 is 19.1 Å². The third kappa shape index (κ3) is 5.90. The average Bonchev–Trinajstić information content (AvgIpc) is 2.41. The molecule has 1 aromatic rings. The van der Waals surface area contributed by atoms with Gasteiger partial charge in [-0.25, -0.2) is 4.79 Å². The molecular formula is C15H23N3O4. The number of rotatable bonds is 5. The predicted octanol–water partition coefficient (Wildman–Crippen LogP) is 1.53. The van der Waals surface area contributed by atoms with Crippen LogP contribution in [0.5, 0.6) is 5.75 Å². The van der Waals surface area contributed by atoms with Crippen LogP contribution in [0.4, 0.5) is 10.5 Å². The van der Waals surface area contributed by atoms with Gasteiger partial charge in [0.1, 0.15) is 11.4 Å². The van der Waals surface area contributed by atoms with Crippen LogP contribution in [0.1, 0.15) is 31.1 Å². The monoisotopic (exact) mass is 309 g/mol. The van der Waals surface area contributed by atoms with Gasteiger partial charge in [0.2, 0.25) is 0 Å². The second-order valence-electron chi connectivity index (χ2n) is 5.64. The molecular weight excluding hydrogens is 286 g/mol. The highest BCUT2D eigenvalue weighted by Crippen LogP contribution is 2.21. The zero-order valence-corrected chi connectivity index (χ0v) is 13.4. The molecule has 0 aliphatic rings. The molecule has 0 fully saturated rings. The Kier molecular flexibility index (Phi) is 6.03. The van der Waals surface area contributed by atoms with Gasteiger partial charge in [-0.15, -0.1) is 0 Å². The summed E-state index contributed by atoms with van der Waals surface area (Å²) in [7, 11) is 1.47. The highest BCUT2D eigenvalue weighted by molar-refractivity contribution is 5.97. The summed E-state index contributed by atoms with van der Waals surface area (Å²) in [6.07, 6.45) is -0.521. The SMILES string of the molecule is COc1cc(N)ccc1C(=O)NCCNC(=O)OC(C)(C)C. The van der Waals surface area contributed by atoms with Crippen LogP contribution in [-0.2, 0) is 4.74 Å². The molecule has 7 nitrogen and oxygen atoms in total. The summed E-state index contributed by atoms with van der Waals surface area (Å²) in [5, 5.41) is 5.24. The molecule has 1 rings (SSSR count). The van der Waals surface area contributed by atoms with Gasteiger partial charge in [-0.3, -0.25) is 4.79 Å². The first-order valence-electron chi connectivity index (χ1n) is 6.91. The van der Waals surface area contributed by atoms with Crippen LogP contribution < -0.4 is 21.1 Å². The molecule has 0 saturated carbocycles. The molecule has 0 atom stereocenters. The third-order valence-corrected chi connectivity index (χ3v) is 2.55. The first-order chi connectivity index (χ1) is 10.2. The lowest BCUT2D eigenvalue weighted by Crippen LogP contribution is -2.37. The standard InChI is InChI=1S/C15H23N3O4/c1-15(2,3)22-14(20)18-8-7-17-13(19)11-6-5-10(16)9-12(11)21-4/h5-6,9H,7-8,16H2,1-4H3,(H,17,19)(H,18,20). The maximum absolute atomic E-state index is 12.0. The predicted molar refractivity (Wildman–Crippen MR) is 84.0 cm³/mol. The minimum Gasteiger partial charge on any atom is -0.496 e. The normalized spacial score (nSPS) is 10.7. The largest absolute Gasteiger partial charge is 0.496 e. The van der Waals surface area contributed by atoms with E-state index in [0.29, 0.717) is 17.0 Å². The first kappa shape index (κ1) is 17.6. The summed E-state index contributed by atoms with van der Waals surface area (Å²) in [5.41, 5.74) is 5.98. The Bertz CT molecular complexity index is 538. The highest BCUT2D eigenvalue weighted by atomic mass is 16.6. The number of hydrogen-bond donors (Lipinski definition) is 3. The number of anilines is 1. The quantitative estimate of drug-likeness (QED) is 0.565. The second-order valence-corrected chi connectivity index (χ2v) is 5.64. The molecule has 0 heterocycles. The van der Waals surface area contributed by atoms with Gasteiger partial charge in [0.05, 0.1) is 12.7 Å². The molecule has 0 aliphatic heterocycles. The number of carbonyl (C=O) groups excluding carboxylic acids is 2. The number of alkyl carbamates (subject to hydrolysis) is 1. The number of methoxy groups -OCH3 is 1. The van der Waals surface area contributed by atoms with Crippen LogP contribution in [0.2, 0.25) is 0 Å². The van der Waals surface area contributed by atoms with Crippen molar-refractivity contribution in [2.75, 3.05) is 25.9 Å². The van der Waals surface area contributed by atoms with E-state index in [9.17, 15) is 9.59 Å². The van der Waals surface area contributed by atoms with Crippen LogP contribution in [-0.4, -0.2) is 37.8 Å². The topological polar surface area (TPSA) is 103 Å². The minimum atomic E-state index is -0.551. The molecule has 0 aliphatic carbocycles. The van der Waals surface area contributed by atoms with Crippen molar-refractivity contribution in [3.8, 4) is 5.75 Å². The number of nitrogen functional groups attached to an aromatic ring is 1. The van der Waals surface area contributed by atoms with E-state index in [4.69, 9.17) is 15.2 Å². The van der Waals surface area contributed by atoms with Crippen molar-refractivity contribution in [1.82, 2.24) is 10.6 Å². The lowest BCUT2D eigenvalue weighted by Gasteiger charge is -2.19. The van der Waals surface area contributed by atoms with Crippen molar-refractivity contribution in [2.24, 2.45) is 0 Å². The lowest BCUT2D eigenvalue weighted by atomic mass is 10.1. The van der Waals surface area contributed by atoms with Gasteiger partial charge in [0, 0.05) is 24.8 Å². The number of carbonyl (C=O) groups is 2. The number of benzene rings is 1.